The molecule has 0 aromatic heterocycles. The van der Waals surface area contributed by atoms with Gasteiger partial charge in [-0.25, -0.2) is 9.59 Å². The number of carboxylic acids is 1. The molecule has 1 aliphatic carbocycles. The lowest BCUT2D eigenvalue weighted by molar-refractivity contribution is -0.143. The van der Waals surface area contributed by atoms with E-state index in [0.29, 0.717) is 0 Å². The number of amides is 1. The van der Waals surface area contributed by atoms with Gasteiger partial charge < -0.3 is 9.84 Å². The molecule has 0 bridgehead atoms. The van der Waals surface area contributed by atoms with E-state index in [-0.39, 0.29) is 6.42 Å². The van der Waals surface area contributed by atoms with Crippen LogP contribution in [0.25, 0.3) is 11.1 Å². The molecule has 140 valence electrons. The zero-order valence-electron chi connectivity index (χ0n) is 15.7. The molecular formula is C22H23NO4. The highest BCUT2D eigenvalue weighted by molar-refractivity contribution is 5.85. The lowest BCUT2D eigenvalue weighted by Crippen LogP contribution is -2.47. The van der Waals surface area contributed by atoms with Crippen LogP contribution in [0.5, 0.6) is 0 Å². The fraction of sp³-hybridized carbons (Fsp3) is 0.273. The van der Waals surface area contributed by atoms with Crippen molar-refractivity contribution < 1.29 is 19.4 Å². The summed E-state index contributed by atoms with van der Waals surface area (Å²) < 4.78 is 5.00. The van der Waals surface area contributed by atoms with Crippen molar-refractivity contribution in [3.63, 3.8) is 0 Å². The van der Waals surface area contributed by atoms with Gasteiger partial charge in [0, 0.05) is 0 Å². The number of benzene rings is 2. The average Bonchev–Trinajstić information content (AvgIpc) is 2.98. The molecule has 5 nitrogen and oxygen atoms in total. The van der Waals surface area contributed by atoms with Crippen LogP contribution in [0.15, 0.2) is 60.2 Å². The normalized spacial score (nSPS) is 13.3. The zero-order valence-corrected chi connectivity index (χ0v) is 15.7. The number of carboxylic acid groups (broad SMARTS) is 1. The van der Waals surface area contributed by atoms with Gasteiger partial charge in [0.05, 0.1) is 13.2 Å². The van der Waals surface area contributed by atoms with Gasteiger partial charge in [0.25, 0.3) is 0 Å². The number of allylic oxidation sites excluding steroid dienone is 1. The first-order chi connectivity index (χ1) is 13.0. The predicted octanol–water partition coefficient (Wildman–Crippen LogP) is 4.63. The number of carbonyl (C=O) groups excluding carboxylic acids is 1. The summed E-state index contributed by atoms with van der Waals surface area (Å²) in [7, 11) is 1.28. The van der Waals surface area contributed by atoms with E-state index in [1.165, 1.54) is 12.0 Å². The SMILES string of the molecule is COC(=O)N(C1c2ccccc2-c2ccccc21)[C@@H](CC=C(C)C)C(=O)O. The van der Waals surface area contributed by atoms with Gasteiger partial charge in [-0.2, -0.15) is 0 Å². The summed E-state index contributed by atoms with van der Waals surface area (Å²) in [4.78, 5) is 26.2. The van der Waals surface area contributed by atoms with Crippen molar-refractivity contribution in [1.82, 2.24) is 4.90 Å². The molecule has 5 heteroatoms. The number of ether oxygens (including phenoxy) is 1. The topological polar surface area (TPSA) is 66.8 Å². The lowest BCUT2D eigenvalue weighted by Gasteiger charge is -2.33. The number of rotatable bonds is 5. The Morgan fingerprint density at radius 3 is 2.04 bits per heavy atom. The quantitative estimate of drug-likeness (QED) is 0.784. The molecule has 27 heavy (non-hydrogen) atoms. The van der Waals surface area contributed by atoms with Crippen LogP contribution in [0, 0.1) is 0 Å². The Bertz CT molecular complexity index is 853. The molecule has 2 aromatic rings. The van der Waals surface area contributed by atoms with Gasteiger partial charge >= 0.3 is 12.1 Å². The molecule has 0 radical (unpaired) electrons. The molecule has 3 rings (SSSR count). The van der Waals surface area contributed by atoms with E-state index >= 15 is 0 Å². The van der Waals surface area contributed by atoms with E-state index < -0.39 is 24.1 Å². The Hall–Kier alpha value is -3.08. The number of methoxy groups -OCH3 is 1. The minimum absolute atomic E-state index is 0.216. The summed E-state index contributed by atoms with van der Waals surface area (Å²) in [6.45, 7) is 3.81. The first kappa shape index (κ1) is 18.7. The van der Waals surface area contributed by atoms with Crippen LogP contribution in [0.3, 0.4) is 0 Å². The summed E-state index contributed by atoms with van der Waals surface area (Å²) in [5, 5.41) is 9.88. The Morgan fingerprint density at radius 2 is 1.59 bits per heavy atom. The largest absolute Gasteiger partial charge is 0.480 e. The summed E-state index contributed by atoms with van der Waals surface area (Å²) in [6.07, 6.45) is 1.40. The second-order valence-electron chi connectivity index (χ2n) is 6.83. The summed E-state index contributed by atoms with van der Waals surface area (Å²) in [6, 6.07) is 14.0. The number of hydrogen-bond donors (Lipinski definition) is 1. The summed E-state index contributed by atoms with van der Waals surface area (Å²) in [5.41, 5.74) is 4.84. The zero-order chi connectivity index (χ0) is 19.6. The number of hydrogen-bond acceptors (Lipinski definition) is 3. The van der Waals surface area contributed by atoms with Gasteiger partial charge in [0.2, 0.25) is 0 Å². The third-order valence-corrected chi connectivity index (χ3v) is 4.83. The van der Waals surface area contributed by atoms with Crippen LogP contribution >= 0.6 is 0 Å². The first-order valence-corrected chi connectivity index (χ1v) is 8.86. The molecule has 1 aliphatic rings. The predicted molar refractivity (Wildman–Crippen MR) is 103 cm³/mol. The third-order valence-electron chi connectivity index (χ3n) is 4.83. The van der Waals surface area contributed by atoms with Crippen LogP contribution in [-0.4, -0.2) is 35.2 Å². The molecule has 1 atom stereocenters. The third kappa shape index (κ3) is 3.45. The Morgan fingerprint density at radius 1 is 1.07 bits per heavy atom. The molecule has 0 saturated heterocycles. The van der Waals surface area contributed by atoms with Crippen molar-refractivity contribution in [2.45, 2.75) is 32.4 Å². The molecular weight excluding hydrogens is 342 g/mol. The van der Waals surface area contributed by atoms with Crippen molar-refractivity contribution in [3.8, 4) is 11.1 Å². The van der Waals surface area contributed by atoms with Crippen LogP contribution in [0.4, 0.5) is 4.79 Å². The maximum absolute atomic E-state index is 12.7. The molecule has 0 saturated carbocycles. The van der Waals surface area contributed by atoms with Gasteiger partial charge in [-0.05, 0) is 42.5 Å². The molecule has 0 spiro atoms. The van der Waals surface area contributed by atoms with Crippen LogP contribution in [-0.2, 0) is 9.53 Å². The van der Waals surface area contributed by atoms with Crippen molar-refractivity contribution in [1.29, 1.82) is 0 Å². The minimum atomic E-state index is -1.06. The number of aliphatic carboxylic acids is 1. The highest BCUT2D eigenvalue weighted by Crippen LogP contribution is 2.47. The first-order valence-electron chi connectivity index (χ1n) is 8.86. The van der Waals surface area contributed by atoms with E-state index in [0.717, 1.165) is 27.8 Å². The summed E-state index contributed by atoms with van der Waals surface area (Å²) >= 11 is 0. The smallest absolute Gasteiger partial charge is 0.411 e. The van der Waals surface area contributed by atoms with Crippen molar-refractivity contribution in [2.24, 2.45) is 0 Å². The monoisotopic (exact) mass is 365 g/mol. The lowest BCUT2D eigenvalue weighted by atomic mass is 10.00. The fourth-order valence-corrected chi connectivity index (χ4v) is 3.63. The Labute approximate surface area is 158 Å². The molecule has 0 fully saturated rings. The fourth-order valence-electron chi connectivity index (χ4n) is 3.63. The molecule has 1 amide bonds. The second-order valence-corrected chi connectivity index (χ2v) is 6.83. The van der Waals surface area contributed by atoms with Gasteiger partial charge in [-0.3, -0.25) is 4.90 Å². The van der Waals surface area contributed by atoms with E-state index in [1.54, 1.807) is 0 Å². The van der Waals surface area contributed by atoms with Crippen molar-refractivity contribution in [3.05, 3.63) is 71.3 Å². The van der Waals surface area contributed by atoms with E-state index in [2.05, 4.69) is 0 Å². The van der Waals surface area contributed by atoms with Gasteiger partial charge in [-0.15, -0.1) is 0 Å². The van der Waals surface area contributed by atoms with E-state index in [4.69, 9.17) is 4.74 Å². The van der Waals surface area contributed by atoms with Crippen LogP contribution in [0.1, 0.15) is 37.4 Å². The highest BCUT2D eigenvalue weighted by atomic mass is 16.5. The van der Waals surface area contributed by atoms with E-state index in [1.807, 2.05) is 68.5 Å². The van der Waals surface area contributed by atoms with E-state index in [9.17, 15) is 14.7 Å². The number of nitrogens with zero attached hydrogens (tertiary/aromatic N) is 1. The maximum atomic E-state index is 12.7. The molecule has 0 aliphatic heterocycles. The van der Waals surface area contributed by atoms with Crippen molar-refractivity contribution in [2.75, 3.05) is 7.11 Å². The minimum Gasteiger partial charge on any atom is -0.480 e. The Balaban J connectivity index is 2.17. The average molecular weight is 365 g/mol. The van der Waals surface area contributed by atoms with Crippen LogP contribution < -0.4 is 0 Å². The van der Waals surface area contributed by atoms with Gasteiger partial charge in [0.1, 0.15) is 6.04 Å². The Kier molecular flexibility index (Phi) is 5.31. The number of carbonyl (C=O) groups is 2. The number of fused-ring (bicyclic) bond motifs is 3. The summed E-state index contributed by atoms with van der Waals surface area (Å²) in [5.74, 6) is -1.06. The van der Waals surface area contributed by atoms with Crippen LogP contribution in [0.2, 0.25) is 0 Å². The second kappa shape index (κ2) is 7.66. The van der Waals surface area contributed by atoms with Gasteiger partial charge in [-0.1, -0.05) is 60.2 Å². The van der Waals surface area contributed by atoms with Crippen molar-refractivity contribution >= 4 is 12.1 Å². The molecule has 2 aromatic carbocycles. The molecule has 0 heterocycles. The highest BCUT2D eigenvalue weighted by Gasteiger charge is 2.41. The van der Waals surface area contributed by atoms with Gasteiger partial charge in [0.15, 0.2) is 0 Å². The maximum Gasteiger partial charge on any atom is 0.411 e. The molecule has 1 N–H and O–H groups in total. The molecule has 0 unspecified atom stereocenters. The standard InChI is InChI=1S/C22H23NO4/c1-14(2)12-13-19(21(24)25)23(22(26)27-3)20-17-10-6-4-8-15(17)16-9-5-7-11-18(16)20/h4-12,19-20H,13H2,1-3H3,(H,24,25)/t19-/m0/s1.